The van der Waals surface area contributed by atoms with Crippen molar-refractivity contribution in [1.82, 2.24) is 9.55 Å². The zero-order valence-electron chi connectivity index (χ0n) is 17.4. The van der Waals surface area contributed by atoms with Crippen LogP contribution in [0.2, 0.25) is 0 Å². The van der Waals surface area contributed by atoms with E-state index in [1.54, 1.807) is 35.8 Å². The third-order valence-corrected chi connectivity index (χ3v) is 6.30. The Bertz CT molecular complexity index is 1220. The molecule has 2 aromatic carbocycles. The fraction of sp³-hybridized carbons (Fsp3) is 0.318. The second-order valence-electron chi connectivity index (χ2n) is 7.52. The van der Waals surface area contributed by atoms with E-state index in [1.807, 2.05) is 6.07 Å². The van der Waals surface area contributed by atoms with Crippen LogP contribution in [0.4, 0.5) is 11.4 Å². The number of nitro benzene ring substituents is 1. The van der Waals surface area contributed by atoms with Crippen molar-refractivity contribution in [2.45, 2.75) is 42.8 Å². The van der Waals surface area contributed by atoms with Crippen molar-refractivity contribution in [3.63, 3.8) is 0 Å². The van der Waals surface area contributed by atoms with Crippen molar-refractivity contribution in [1.29, 1.82) is 0 Å². The van der Waals surface area contributed by atoms with Gasteiger partial charge in [0.2, 0.25) is 5.91 Å². The summed E-state index contributed by atoms with van der Waals surface area (Å²) in [4.78, 5) is 41.0. The highest BCUT2D eigenvalue weighted by Crippen LogP contribution is 2.26. The van der Waals surface area contributed by atoms with E-state index < -0.39 is 10.2 Å². The summed E-state index contributed by atoms with van der Waals surface area (Å²) in [5.74, 6) is -0.346. The highest BCUT2D eigenvalue weighted by atomic mass is 32.2. The molecule has 1 saturated heterocycles. The number of nitrogens with zero attached hydrogens (tertiary/aromatic N) is 3. The first-order chi connectivity index (χ1) is 15.4. The smallest absolute Gasteiger partial charge is 0.271 e. The summed E-state index contributed by atoms with van der Waals surface area (Å²) in [6.07, 6.45) is 1.75. The molecule has 0 aliphatic carbocycles. The van der Waals surface area contributed by atoms with Crippen LogP contribution < -0.4 is 10.9 Å². The van der Waals surface area contributed by atoms with Crippen LogP contribution in [-0.4, -0.2) is 38.3 Å². The lowest BCUT2D eigenvalue weighted by molar-refractivity contribution is -0.384. The van der Waals surface area contributed by atoms with E-state index in [-0.39, 0.29) is 23.3 Å². The molecule has 166 valence electrons. The average molecular weight is 455 g/mol. The predicted octanol–water partition coefficient (Wildman–Crippen LogP) is 3.60. The van der Waals surface area contributed by atoms with E-state index in [1.165, 1.54) is 30.0 Å². The number of fused-ring (bicyclic) bond motifs is 1. The number of thioether (sulfide) groups is 1. The zero-order chi connectivity index (χ0) is 22.7. The maximum atomic E-state index is 13.2. The molecule has 4 rings (SSSR count). The normalized spacial score (nSPS) is 16.7. The number of benzene rings is 2. The van der Waals surface area contributed by atoms with Crippen LogP contribution in [0.3, 0.4) is 0 Å². The van der Waals surface area contributed by atoms with Crippen LogP contribution in [0.25, 0.3) is 10.9 Å². The van der Waals surface area contributed by atoms with Gasteiger partial charge in [-0.25, -0.2) is 4.98 Å². The Kier molecular flexibility index (Phi) is 6.52. The molecule has 1 amide bonds. The van der Waals surface area contributed by atoms with Gasteiger partial charge >= 0.3 is 0 Å². The topological polar surface area (TPSA) is 116 Å². The maximum absolute atomic E-state index is 13.2. The molecule has 1 aliphatic rings. The summed E-state index contributed by atoms with van der Waals surface area (Å²) in [5, 5.41) is 14.0. The number of carbonyl (C=O) groups excluding carboxylic acids is 1. The molecule has 0 saturated carbocycles. The molecule has 0 radical (unpaired) electrons. The fourth-order valence-corrected chi connectivity index (χ4v) is 4.46. The molecule has 0 bridgehead atoms. The zero-order valence-corrected chi connectivity index (χ0v) is 18.2. The molecule has 9 nitrogen and oxygen atoms in total. The first-order valence-corrected chi connectivity index (χ1v) is 11.1. The van der Waals surface area contributed by atoms with Gasteiger partial charge in [-0.15, -0.1) is 0 Å². The van der Waals surface area contributed by atoms with Gasteiger partial charge < -0.3 is 10.1 Å². The third-order valence-electron chi connectivity index (χ3n) is 5.21. The lowest BCUT2D eigenvalue weighted by atomic mass is 10.2. The van der Waals surface area contributed by atoms with Gasteiger partial charge in [0.1, 0.15) is 0 Å². The molecule has 2 atom stereocenters. The molecule has 3 aromatic rings. The highest BCUT2D eigenvalue weighted by Gasteiger charge is 2.23. The largest absolute Gasteiger partial charge is 0.376 e. The Morgan fingerprint density at radius 2 is 2.16 bits per heavy atom. The molecule has 0 unspecified atom stereocenters. The van der Waals surface area contributed by atoms with Crippen molar-refractivity contribution in [2.75, 3.05) is 11.9 Å². The van der Waals surface area contributed by atoms with Crippen molar-refractivity contribution in [3.05, 3.63) is 69.0 Å². The van der Waals surface area contributed by atoms with Gasteiger partial charge in [-0.05, 0) is 38.0 Å². The van der Waals surface area contributed by atoms with Gasteiger partial charge in [-0.2, -0.15) is 0 Å². The highest BCUT2D eigenvalue weighted by molar-refractivity contribution is 8.00. The van der Waals surface area contributed by atoms with Gasteiger partial charge in [0.15, 0.2) is 5.16 Å². The number of nitrogens with one attached hydrogen (secondary N) is 1. The minimum Gasteiger partial charge on any atom is -0.376 e. The van der Waals surface area contributed by atoms with Crippen molar-refractivity contribution in [2.24, 2.45) is 0 Å². The summed E-state index contributed by atoms with van der Waals surface area (Å²) < 4.78 is 7.29. The molecule has 1 aromatic heterocycles. The van der Waals surface area contributed by atoms with E-state index in [9.17, 15) is 19.7 Å². The average Bonchev–Trinajstić information content (AvgIpc) is 3.30. The molecule has 2 heterocycles. The molecular weight excluding hydrogens is 432 g/mol. The number of carbonyl (C=O) groups is 1. The quantitative estimate of drug-likeness (QED) is 0.251. The van der Waals surface area contributed by atoms with Crippen LogP contribution >= 0.6 is 11.8 Å². The van der Waals surface area contributed by atoms with Crippen LogP contribution in [0, 0.1) is 10.1 Å². The number of hydrogen-bond acceptors (Lipinski definition) is 7. The summed E-state index contributed by atoms with van der Waals surface area (Å²) in [5.41, 5.74) is 0.624. The SMILES string of the molecule is C[C@@H](Sc1nc2ccccc2c(=O)n1C[C@H]1CCCO1)C(=O)Nc1cccc([N+](=O)[O-])c1. The Hall–Kier alpha value is -3.24. The number of aromatic nitrogens is 2. The molecule has 0 spiro atoms. The minimum absolute atomic E-state index is 0.0657. The van der Waals surface area contributed by atoms with Gasteiger partial charge in [-0.3, -0.25) is 24.3 Å². The second kappa shape index (κ2) is 9.49. The number of rotatable bonds is 7. The minimum atomic E-state index is -0.599. The summed E-state index contributed by atoms with van der Waals surface area (Å²) >= 11 is 1.17. The number of para-hydroxylation sites is 1. The molecule has 1 fully saturated rings. The van der Waals surface area contributed by atoms with Gasteiger partial charge in [-0.1, -0.05) is 30.0 Å². The van der Waals surface area contributed by atoms with E-state index in [2.05, 4.69) is 10.3 Å². The fourth-order valence-electron chi connectivity index (χ4n) is 3.54. The standard InChI is InChI=1S/C22H22N4O5S/c1-14(20(27)23-15-6-4-7-16(12-15)26(29)30)32-22-24-19-10-3-2-9-18(19)21(28)25(22)13-17-8-5-11-31-17/h2-4,6-7,9-10,12,14,17H,5,8,11,13H2,1H3,(H,23,27)/t14-,17-/m1/s1. The molecule has 1 aliphatic heterocycles. The molecule has 10 heteroatoms. The van der Waals surface area contributed by atoms with Crippen molar-refractivity contribution in [3.8, 4) is 0 Å². The van der Waals surface area contributed by atoms with Gasteiger partial charge in [0.05, 0.1) is 33.7 Å². The number of ether oxygens (including phenoxy) is 1. The number of hydrogen-bond donors (Lipinski definition) is 1. The summed E-state index contributed by atoms with van der Waals surface area (Å²) in [7, 11) is 0. The monoisotopic (exact) mass is 454 g/mol. The van der Waals surface area contributed by atoms with E-state index >= 15 is 0 Å². The first kappa shape index (κ1) is 22.0. The predicted molar refractivity (Wildman–Crippen MR) is 122 cm³/mol. The van der Waals surface area contributed by atoms with Crippen LogP contribution in [0.1, 0.15) is 19.8 Å². The summed E-state index contributed by atoms with van der Waals surface area (Å²) in [6.45, 7) is 2.75. The van der Waals surface area contributed by atoms with Crippen molar-refractivity contribution >= 4 is 39.9 Å². The first-order valence-electron chi connectivity index (χ1n) is 10.3. The molecule has 32 heavy (non-hydrogen) atoms. The molecule has 1 N–H and O–H groups in total. The van der Waals surface area contributed by atoms with E-state index in [0.717, 1.165) is 12.8 Å². The van der Waals surface area contributed by atoms with E-state index in [0.29, 0.717) is 34.9 Å². The van der Waals surface area contributed by atoms with Gasteiger partial charge in [0.25, 0.3) is 11.2 Å². The number of amides is 1. The Labute approximate surface area is 187 Å². The number of anilines is 1. The third kappa shape index (κ3) is 4.81. The lowest BCUT2D eigenvalue weighted by Crippen LogP contribution is -2.30. The number of non-ortho nitro benzene ring substituents is 1. The summed E-state index contributed by atoms with van der Waals surface area (Å²) in [6, 6.07) is 12.9. The van der Waals surface area contributed by atoms with E-state index in [4.69, 9.17) is 4.74 Å². The number of nitro groups is 1. The maximum Gasteiger partial charge on any atom is 0.271 e. The van der Waals surface area contributed by atoms with Crippen molar-refractivity contribution < 1.29 is 14.5 Å². The van der Waals surface area contributed by atoms with Gasteiger partial charge in [0, 0.05) is 24.4 Å². The lowest BCUT2D eigenvalue weighted by Gasteiger charge is -2.18. The Morgan fingerprint density at radius 1 is 1.34 bits per heavy atom. The van der Waals surface area contributed by atoms with Crippen LogP contribution in [0.5, 0.6) is 0 Å². The molecular formula is C22H22N4O5S. The van der Waals surface area contributed by atoms with Crippen LogP contribution in [0.15, 0.2) is 58.5 Å². The Balaban J connectivity index is 1.59. The second-order valence-corrected chi connectivity index (χ2v) is 8.83. The Morgan fingerprint density at radius 3 is 2.91 bits per heavy atom. The van der Waals surface area contributed by atoms with Crippen LogP contribution in [-0.2, 0) is 16.1 Å².